The van der Waals surface area contributed by atoms with Gasteiger partial charge < -0.3 is 4.98 Å². The summed E-state index contributed by atoms with van der Waals surface area (Å²) in [5, 5.41) is 0. The highest BCUT2D eigenvalue weighted by Gasteiger charge is 1.55. The zero-order valence-electron chi connectivity index (χ0n) is 4.65. The van der Waals surface area contributed by atoms with Gasteiger partial charge in [0, 0.05) is 12.4 Å². The lowest BCUT2D eigenvalue weighted by Gasteiger charge is -1.49. The monoisotopic (exact) mass is 69.1 g/mol. The quantitative estimate of drug-likeness (QED) is 0.468. The lowest BCUT2D eigenvalue weighted by Crippen LogP contribution is -1.38. The molecule has 0 aliphatic rings. The van der Waals surface area contributed by atoms with Crippen LogP contribution < -0.4 is 0 Å². The molecule has 1 heterocycles. The van der Waals surface area contributed by atoms with Crippen molar-refractivity contribution in [2.24, 2.45) is 0 Å². The van der Waals surface area contributed by atoms with E-state index in [0.717, 1.165) is 0 Å². The van der Waals surface area contributed by atoms with Gasteiger partial charge in [-0.2, -0.15) is 0 Å². The molecule has 0 fully saturated rings. The van der Waals surface area contributed by atoms with Gasteiger partial charge in [0.2, 0.25) is 0 Å². The number of aromatic nitrogens is 1. The third-order valence-electron chi connectivity index (χ3n) is 0.394. The lowest BCUT2D eigenvalue weighted by molar-refractivity contribution is 1.42. The molecule has 1 aromatic heterocycles. The molecule has 1 aromatic rings. The SMILES string of the molecule is [2H]c1cc[nH]c1[2H]. The molecule has 0 amide bonds. The summed E-state index contributed by atoms with van der Waals surface area (Å²) < 4.78 is 13.7. The molecule has 1 N–H and O–H groups in total. The van der Waals surface area contributed by atoms with E-state index in [1.807, 2.05) is 0 Å². The van der Waals surface area contributed by atoms with Crippen molar-refractivity contribution < 1.29 is 2.74 Å². The molecular formula is C4H5N. The van der Waals surface area contributed by atoms with Gasteiger partial charge in [-0.05, 0) is 12.1 Å². The van der Waals surface area contributed by atoms with E-state index in [1.54, 1.807) is 12.3 Å². The minimum atomic E-state index is 0.181. The van der Waals surface area contributed by atoms with Crippen LogP contribution in [0, 0.1) is 0 Å². The minimum absolute atomic E-state index is 0.181. The maximum atomic E-state index is 6.88. The Morgan fingerprint density at radius 3 is 3.00 bits per heavy atom. The van der Waals surface area contributed by atoms with E-state index >= 15 is 0 Å². The summed E-state index contributed by atoms with van der Waals surface area (Å²) in [7, 11) is 0. The predicted octanol–water partition coefficient (Wildman–Crippen LogP) is 1.01. The Bertz CT molecular complexity index is 142. The van der Waals surface area contributed by atoms with Crippen LogP contribution in [0.3, 0.4) is 0 Å². The van der Waals surface area contributed by atoms with Crippen LogP contribution in [0.25, 0.3) is 0 Å². The Labute approximate surface area is 33.5 Å². The average Bonchev–Trinajstić information content (AvgIpc) is 1.91. The van der Waals surface area contributed by atoms with Crippen LogP contribution in [-0.2, 0) is 0 Å². The fourth-order valence-electron chi connectivity index (χ4n) is 0.208. The smallest absolute Gasteiger partial charge is 0.0815 e. The molecule has 26 valence electrons. The molecule has 0 aromatic carbocycles. The van der Waals surface area contributed by atoms with Crippen LogP contribution >= 0.6 is 0 Å². The number of nitrogens with one attached hydrogen (secondary N) is 1. The predicted molar refractivity (Wildman–Crippen MR) is 20.8 cm³/mol. The molecule has 0 bridgehead atoms. The first kappa shape index (κ1) is 1.17. The van der Waals surface area contributed by atoms with Crippen molar-refractivity contribution >= 4 is 0 Å². The molecule has 0 atom stereocenters. The first-order valence-electron chi connectivity index (χ1n) is 2.41. The van der Waals surface area contributed by atoms with Gasteiger partial charge >= 0.3 is 0 Å². The van der Waals surface area contributed by atoms with E-state index in [-0.39, 0.29) is 12.2 Å². The van der Waals surface area contributed by atoms with Crippen molar-refractivity contribution in [1.29, 1.82) is 0 Å². The molecule has 0 radical (unpaired) electrons. The first-order valence-corrected chi connectivity index (χ1v) is 1.41. The van der Waals surface area contributed by atoms with Crippen LogP contribution in [0.2, 0.25) is 0 Å². The Kier molecular flexibility index (Phi) is 0.217. The van der Waals surface area contributed by atoms with Crippen molar-refractivity contribution in [3.63, 3.8) is 0 Å². The summed E-state index contributed by atoms with van der Waals surface area (Å²) in [4.78, 5) is 2.55. The summed E-state index contributed by atoms with van der Waals surface area (Å²) in [6.45, 7) is 0. The zero-order valence-corrected chi connectivity index (χ0v) is 2.65. The second kappa shape index (κ2) is 0.931. The molecular weight excluding hydrogens is 62.1 g/mol. The molecule has 0 spiro atoms. The van der Waals surface area contributed by atoms with Crippen LogP contribution in [0.5, 0.6) is 0 Å². The topological polar surface area (TPSA) is 15.8 Å². The summed E-state index contributed by atoms with van der Waals surface area (Å²) in [6, 6.07) is 1.79. The number of rotatable bonds is 0. The Morgan fingerprint density at radius 2 is 2.80 bits per heavy atom. The van der Waals surface area contributed by atoms with Crippen LogP contribution in [-0.4, -0.2) is 4.98 Å². The van der Waals surface area contributed by atoms with Gasteiger partial charge in [-0.25, -0.2) is 0 Å². The Hall–Kier alpha value is -0.720. The van der Waals surface area contributed by atoms with E-state index in [0.29, 0.717) is 0 Å². The van der Waals surface area contributed by atoms with Gasteiger partial charge in [-0.1, -0.05) is 0 Å². The second-order valence-electron chi connectivity index (χ2n) is 0.747. The highest BCUT2D eigenvalue weighted by atomic mass is 14.6. The van der Waals surface area contributed by atoms with Crippen LogP contribution in [0.15, 0.2) is 24.5 Å². The van der Waals surface area contributed by atoms with E-state index in [1.165, 1.54) is 0 Å². The molecule has 0 aliphatic heterocycles. The van der Waals surface area contributed by atoms with Gasteiger partial charge in [0.1, 0.15) is 0 Å². The third kappa shape index (κ3) is 0.293. The molecule has 0 saturated carbocycles. The summed E-state index contributed by atoms with van der Waals surface area (Å²) in [5.41, 5.74) is 0. The number of aromatic amines is 1. The maximum absolute atomic E-state index is 6.88. The number of hydrogen-bond donors (Lipinski definition) is 1. The Morgan fingerprint density at radius 1 is 1.80 bits per heavy atom. The Balaban J connectivity index is 3.12. The van der Waals surface area contributed by atoms with Gasteiger partial charge in [-0.3, -0.25) is 0 Å². The van der Waals surface area contributed by atoms with Crippen molar-refractivity contribution in [1.82, 2.24) is 4.98 Å². The van der Waals surface area contributed by atoms with E-state index in [4.69, 9.17) is 2.74 Å². The van der Waals surface area contributed by atoms with Gasteiger partial charge in [-0.15, -0.1) is 0 Å². The van der Waals surface area contributed by atoms with Crippen molar-refractivity contribution in [2.45, 2.75) is 0 Å². The lowest BCUT2D eigenvalue weighted by atomic mass is 10.7. The summed E-state index contributed by atoms with van der Waals surface area (Å²) in [5.74, 6) is 0. The summed E-state index contributed by atoms with van der Waals surface area (Å²) >= 11 is 0. The van der Waals surface area contributed by atoms with Gasteiger partial charge in [0.05, 0.1) is 2.74 Å². The van der Waals surface area contributed by atoms with E-state index in [2.05, 4.69) is 4.98 Å². The van der Waals surface area contributed by atoms with Gasteiger partial charge in [0.15, 0.2) is 0 Å². The highest BCUT2D eigenvalue weighted by Crippen LogP contribution is 1.72. The van der Waals surface area contributed by atoms with Gasteiger partial charge in [0.25, 0.3) is 0 Å². The number of hydrogen-bond acceptors (Lipinski definition) is 0. The first-order chi connectivity index (χ1) is 3.30. The van der Waals surface area contributed by atoms with E-state index in [9.17, 15) is 0 Å². The molecule has 0 unspecified atom stereocenters. The fourth-order valence-corrected chi connectivity index (χ4v) is 0.208. The molecule has 1 rings (SSSR count). The van der Waals surface area contributed by atoms with Crippen molar-refractivity contribution in [3.05, 3.63) is 24.5 Å². The molecule has 1 nitrogen and oxygen atoms in total. The molecule has 1 heteroatoms. The van der Waals surface area contributed by atoms with E-state index < -0.39 is 0 Å². The number of H-pyrrole nitrogens is 1. The molecule has 0 aliphatic carbocycles. The summed E-state index contributed by atoms with van der Waals surface area (Å²) in [6.07, 6.45) is 1.75. The normalized spacial score (nSPS) is 13.6. The maximum Gasteiger partial charge on any atom is 0.0815 e. The minimum Gasteiger partial charge on any atom is -0.368 e. The average molecular weight is 69.1 g/mol. The molecule has 0 saturated heterocycles. The van der Waals surface area contributed by atoms with Crippen molar-refractivity contribution in [2.75, 3.05) is 0 Å². The third-order valence-corrected chi connectivity index (χ3v) is 0.394. The second-order valence-corrected chi connectivity index (χ2v) is 0.747. The largest absolute Gasteiger partial charge is 0.368 e. The highest BCUT2D eigenvalue weighted by molar-refractivity contribution is 4.84. The standard InChI is InChI=1S/C4H5N/c1-2-4-5-3-1/h1-5H/i1D,3D. The van der Waals surface area contributed by atoms with Crippen molar-refractivity contribution in [3.8, 4) is 0 Å². The zero-order chi connectivity index (χ0) is 5.28. The fraction of sp³-hybridized carbons (Fsp3) is 0. The molecule has 5 heavy (non-hydrogen) atoms. The van der Waals surface area contributed by atoms with Crippen LogP contribution in [0.1, 0.15) is 2.74 Å². The van der Waals surface area contributed by atoms with Crippen LogP contribution in [0.4, 0.5) is 0 Å².